The third-order valence-electron chi connectivity index (χ3n) is 13.6. The van der Waals surface area contributed by atoms with Crippen LogP contribution in [0.4, 0.5) is 0 Å². The minimum atomic E-state index is -3.03. The summed E-state index contributed by atoms with van der Waals surface area (Å²) in [7, 11) is -3.03. The zero-order valence-corrected chi connectivity index (χ0v) is 36.0. The average molecular weight is 832 g/mol. The van der Waals surface area contributed by atoms with Gasteiger partial charge >= 0.3 is 0 Å². The number of rotatable bonds is 7. The molecule has 0 aliphatic carbocycles. The largest absolute Gasteiger partial charge is 0.309 e. The van der Waals surface area contributed by atoms with E-state index in [1.54, 1.807) is 0 Å². The second kappa shape index (κ2) is 14.5. The second-order valence-electron chi connectivity index (χ2n) is 16.9. The van der Waals surface area contributed by atoms with E-state index in [1.165, 1.54) is 86.2 Å². The normalized spacial score (nSPS) is 12.1. The highest BCUT2D eigenvalue weighted by Crippen LogP contribution is 2.41. The molecule has 10 aromatic carbocycles. The first-order chi connectivity index (χ1) is 31.8. The van der Waals surface area contributed by atoms with Crippen LogP contribution < -0.4 is 20.7 Å². The zero-order valence-electron chi connectivity index (χ0n) is 35.0. The van der Waals surface area contributed by atoms with Gasteiger partial charge in [-0.15, -0.1) is 0 Å². The lowest BCUT2D eigenvalue weighted by molar-refractivity contribution is 1.15. The molecule has 13 aromatic rings. The van der Waals surface area contributed by atoms with Gasteiger partial charge in [0.05, 0.1) is 33.1 Å². The smallest absolute Gasteiger partial charge is 0.179 e. The summed E-state index contributed by atoms with van der Waals surface area (Å²) in [6.07, 6.45) is 0. The van der Waals surface area contributed by atoms with Crippen LogP contribution in [0.5, 0.6) is 0 Å². The highest BCUT2D eigenvalue weighted by Gasteiger charge is 2.42. The zero-order chi connectivity index (χ0) is 42.2. The van der Waals surface area contributed by atoms with E-state index in [1.807, 2.05) is 0 Å². The molecule has 0 bridgehead atoms. The number of nitrogens with zero attached hydrogens (tertiary/aromatic N) is 3. The lowest BCUT2D eigenvalue weighted by Crippen LogP contribution is -2.74. The van der Waals surface area contributed by atoms with E-state index in [4.69, 9.17) is 0 Å². The Morgan fingerprint density at radius 3 is 0.984 bits per heavy atom. The molecule has 0 atom stereocenters. The molecule has 0 amide bonds. The van der Waals surface area contributed by atoms with Crippen LogP contribution in [0.1, 0.15) is 0 Å². The molecule has 4 heteroatoms. The van der Waals surface area contributed by atoms with E-state index in [2.05, 4.69) is 262 Å². The number of fused-ring (bicyclic) bond motifs is 10. The van der Waals surface area contributed by atoms with Gasteiger partial charge in [0.25, 0.3) is 0 Å². The monoisotopic (exact) mass is 831 g/mol. The van der Waals surface area contributed by atoms with Crippen molar-refractivity contribution in [2.24, 2.45) is 0 Å². The molecule has 0 radical (unpaired) electrons. The van der Waals surface area contributed by atoms with Gasteiger partial charge in [-0.1, -0.05) is 188 Å². The second-order valence-corrected chi connectivity index (χ2v) is 20.7. The molecule has 13 rings (SSSR count). The van der Waals surface area contributed by atoms with Crippen molar-refractivity contribution < 1.29 is 0 Å². The first kappa shape index (κ1) is 36.5. The molecule has 3 nitrogen and oxygen atoms in total. The van der Waals surface area contributed by atoms with E-state index in [0.717, 1.165) is 17.1 Å². The Labute approximate surface area is 372 Å². The molecule has 0 fully saturated rings. The maximum absolute atomic E-state index is 3.03. The summed E-state index contributed by atoms with van der Waals surface area (Å²) >= 11 is 0. The number of hydrogen-bond acceptors (Lipinski definition) is 0. The third kappa shape index (κ3) is 5.27. The van der Waals surface area contributed by atoms with Crippen LogP contribution >= 0.6 is 0 Å². The standard InChI is InChI=1S/C60H41N3Si/c1-4-20-42(21-5-1)62-57-36-16-12-32-51(57)53-38-39-54-52-33-13-17-37-58(52)63(60(54)59(53)62)44-23-19-29-48(41-44)64(45-24-6-2-7-25-45,46-26-8-3-9-27-46)47-28-18-22-43(40-47)61-55-34-14-10-30-49(55)50-31-11-15-35-56(50)61/h1-41H. The van der Waals surface area contributed by atoms with Gasteiger partial charge in [-0.3, -0.25) is 0 Å². The van der Waals surface area contributed by atoms with Crippen LogP contribution in [0.15, 0.2) is 249 Å². The SMILES string of the molecule is c1ccc(-n2c3ccccc3c3ccc4c5ccccc5n(-c5cccc([Si](c6ccccc6)(c6ccccc6)c6cccc(-n7c8ccccc8c8ccccc87)c6)c5)c4c32)cc1. The Morgan fingerprint density at radius 2 is 0.531 bits per heavy atom. The number of para-hydroxylation sites is 5. The molecule has 300 valence electrons. The van der Waals surface area contributed by atoms with Crippen molar-refractivity contribution >= 4 is 94.2 Å². The van der Waals surface area contributed by atoms with E-state index >= 15 is 0 Å². The Bertz CT molecular complexity index is 3800. The van der Waals surface area contributed by atoms with Crippen LogP contribution in [0, 0.1) is 0 Å². The maximum Gasteiger partial charge on any atom is 0.179 e. The third-order valence-corrected chi connectivity index (χ3v) is 18.3. The molecular formula is C60H41N3Si. The summed E-state index contributed by atoms with van der Waals surface area (Å²) in [6, 6.07) is 92.4. The van der Waals surface area contributed by atoms with Crippen LogP contribution in [-0.2, 0) is 0 Å². The van der Waals surface area contributed by atoms with Gasteiger partial charge in [0.1, 0.15) is 0 Å². The fraction of sp³-hybridized carbons (Fsp3) is 0. The molecule has 0 unspecified atom stereocenters. The summed E-state index contributed by atoms with van der Waals surface area (Å²) in [5.41, 5.74) is 10.7. The molecule has 3 heterocycles. The Balaban J connectivity index is 1.13. The maximum atomic E-state index is 2.54. The van der Waals surface area contributed by atoms with Crippen molar-refractivity contribution in [3.05, 3.63) is 249 Å². The molecular weight excluding hydrogens is 791 g/mol. The van der Waals surface area contributed by atoms with E-state index < -0.39 is 8.07 Å². The number of hydrogen-bond donors (Lipinski definition) is 0. The highest BCUT2D eigenvalue weighted by molar-refractivity contribution is 7.20. The molecule has 64 heavy (non-hydrogen) atoms. The van der Waals surface area contributed by atoms with Crippen molar-refractivity contribution in [2.75, 3.05) is 0 Å². The van der Waals surface area contributed by atoms with Crippen molar-refractivity contribution in [3.63, 3.8) is 0 Å². The van der Waals surface area contributed by atoms with Gasteiger partial charge in [-0.2, -0.15) is 0 Å². The summed E-state index contributed by atoms with van der Waals surface area (Å²) in [6.45, 7) is 0. The quantitative estimate of drug-likeness (QED) is 0.112. The Morgan fingerprint density at radius 1 is 0.219 bits per heavy atom. The summed E-state index contributed by atoms with van der Waals surface area (Å²) in [5, 5.41) is 12.8. The minimum absolute atomic E-state index is 1.14. The highest BCUT2D eigenvalue weighted by atomic mass is 28.3. The van der Waals surface area contributed by atoms with Gasteiger partial charge in [-0.25, -0.2) is 0 Å². The van der Waals surface area contributed by atoms with Crippen LogP contribution in [0.2, 0.25) is 0 Å². The van der Waals surface area contributed by atoms with E-state index in [0.29, 0.717) is 0 Å². The summed E-state index contributed by atoms with van der Waals surface area (Å²) in [5.74, 6) is 0. The van der Waals surface area contributed by atoms with Gasteiger partial charge < -0.3 is 13.7 Å². The van der Waals surface area contributed by atoms with Crippen molar-refractivity contribution in [3.8, 4) is 17.1 Å². The lowest BCUT2D eigenvalue weighted by Gasteiger charge is -2.35. The van der Waals surface area contributed by atoms with Crippen LogP contribution in [0.3, 0.4) is 0 Å². The van der Waals surface area contributed by atoms with Gasteiger partial charge in [-0.05, 0) is 81.4 Å². The van der Waals surface area contributed by atoms with E-state index in [9.17, 15) is 0 Å². The molecule has 0 aliphatic rings. The molecule has 3 aromatic heterocycles. The summed E-state index contributed by atoms with van der Waals surface area (Å²) < 4.78 is 7.47. The van der Waals surface area contributed by atoms with Crippen LogP contribution in [0.25, 0.3) is 82.5 Å². The molecule has 0 aliphatic heterocycles. The van der Waals surface area contributed by atoms with Gasteiger partial charge in [0.2, 0.25) is 0 Å². The number of aromatic nitrogens is 3. The molecule has 0 saturated carbocycles. The fourth-order valence-electron chi connectivity index (χ4n) is 10.9. The minimum Gasteiger partial charge on any atom is -0.309 e. The predicted molar refractivity (Wildman–Crippen MR) is 273 cm³/mol. The van der Waals surface area contributed by atoms with Gasteiger partial charge in [0, 0.05) is 49.4 Å². The predicted octanol–water partition coefficient (Wildman–Crippen LogP) is 12.4. The summed E-state index contributed by atoms with van der Waals surface area (Å²) in [4.78, 5) is 0. The topological polar surface area (TPSA) is 14.8 Å². The average Bonchev–Trinajstić information content (AvgIpc) is 4.01. The number of benzene rings is 10. The van der Waals surface area contributed by atoms with E-state index in [-0.39, 0.29) is 0 Å². The Kier molecular flexibility index (Phi) is 8.23. The van der Waals surface area contributed by atoms with Crippen molar-refractivity contribution in [2.45, 2.75) is 0 Å². The molecule has 0 N–H and O–H groups in total. The van der Waals surface area contributed by atoms with Crippen molar-refractivity contribution in [1.82, 2.24) is 13.7 Å². The molecule has 0 spiro atoms. The first-order valence-electron chi connectivity index (χ1n) is 22.1. The Hall–Kier alpha value is -8.18. The van der Waals surface area contributed by atoms with Crippen LogP contribution in [-0.4, -0.2) is 21.8 Å². The fourth-order valence-corrected chi connectivity index (χ4v) is 15.8. The van der Waals surface area contributed by atoms with Crippen molar-refractivity contribution in [1.29, 1.82) is 0 Å². The first-order valence-corrected chi connectivity index (χ1v) is 24.1. The lowest BCUT2D eigenvalue weighted by atomic mass is 10.1. The van der Waals surface area contributed by atoms with Gasteiger partial charge in [0.15, 0.2) is 8.07 Å². The molecule has 0 saturated heterocycles.